The number of carbonyl (C=O) groups is 2. The summed E-state index contributed by atoms with van der Waals surface area (Å²) in [4.78, 5) is 25.1. The zero-order chi connectivity index (χ0) is 38.1. The van der Waals surface area contributed by atoms with Crippen LogP contribution in [0.25, 0.3) is 0 Å². The van der Waals surface area contributed by atoms with Crippen molar-refractivity contribution >= 4 is 11.9 Å². The molecule has 0 aliphatic carbocycles. The van der Waals surface area contributed by atoms with Crippen LogP contribution in [0.1, 0.15) is 129 Å². The van der Waals surface area contributed by atoms with Gasteiger partial charge in [0, 0.05) is 12.8 Å². The molecule has 1 fully saturated rings. The summed E-state index contributed by atoms with van der Waals surface area (Å²) in [5.41, 5.74) is 0. The van der Waals surface area contributed by atoms with Crippen LogP contribution in [-0.4, -0.2) is 82.6 Å². The Kier molecular flexibility index (Phi) is 29.7. The zero-order valence-electron chi connectivity index (χ0n) is 31.8. The van der Waals surface area contributed by atoms with Crippen LogP contribution >= 0.6 is 0 Å². The molecule has 0 bridgehead atoms. The van der Waals surface area contributed by atoms with Gasteiger partial charge >= 0.3 is 11.9 Å². The molecule has 0 aromatic carbocycles. The number of carbonyl (C=O) groups excluding carboxylic acids is 2. The second-order valence-electron chi connectivity index (χ2n) is 13.0. The Labute approximate surface area is 313 Å². The number of aliphatic hydroxyl groups is 4. The molecule has 0 aromatic rings. The van der Waals surface area contributed by atoms with Gasteiger partial charge in [0.05, 0.1) is 6.61 Å². The van der Waals surface area contributed by atoms with Crippen molar-refractivity contribution in [2.75, 3.05) is 13.2 Å². The van der Waals surface area contributed by atoms with Crippen LogP contribution in [0.3, 0.4) is 0 Å². The predicted molar refractivity (Wildman–Crippen MR) is 205 cm³/mol. The number of unbranched alkanes of at least 4 members (excludes halogenated alkanes) is 8. The monoisotopic (exact) mass is 732 g/mol. The van der Waals surface area contributed by atoms with Crippen molar-refractivity contribution in [1.82, 2.24) is 0 Å². The lowest BCUT2D eigenvalue weighted by Crippen LogP contribution is -2.58. The van der Waals surface area contributed by atoms with Gasteiger partial charge in [-0.15, -0.1) is 0 Å². The average Bonchev–Trinajstić information content (AvgIpc) is 3.13. The summed E-state index contributed by atoms with van der Waals surface area (Å²) in [7, 11) is 0. The van der Waals surface area contributed by atoms with Crippen molar-refractivity contribution in [2.45, 2.75) is 166 Å². The Morgan fingerprint density at radius 2 is 1.02 bits per heavy atom. The van der Waals surface area contributed by atoms with Crippen LogP contribution < -0.4 is 0 Å². The number of rotatable bonds is 30. The molecule has 1 saturated heterocycles. The minimum absolute atomic E-state index is 0.192. The van der Waals surface area contributed by atoms with Crippen LogP contribution in [0.2, 0.25) is 0 Å². The van der Waals surface area contributed by atoms with E-state index in [0.717, 1.165) is 89.9 Å². The Morgan fingerprint density at radius 3 is 1.58 bits per heavy atom. The summed E-state index contributed by atoms with van der Waals surface area (Å²) in [5, 5.41) is 39.7. The number of aliphatic hydroxyl groups excluding tert-OH is 4. The number of allylic oxidation sites excluding steroid dienone is 12. The first kappa shape index (κ1) is 47.2. The van der Waals surface area contributed by atoms with Crippen LogP contribution in [0, 0.1) is 0 Å². The lowest BCUT2D eigenvalue weighted by molar-refractivity contribution is -0.342. The van der Waals surface area contributed by atoms with Crippen molar-refractivity contribution in [3.8, 4) is 0 Å². The van der Waals surface area contributed by atoms with E-state index in [1.165, 1.54) is 0 Å². The van der Waals surface area contributed by atoms with E-state index in [9.17, 15) is 30.0 Å². The molecule has 4 N–H and O–H groups in total. The smallest absolute Gasteiger partial charge is 0.306 e. The van der Waals surface area contributed by atoms with E-state index in [1.807, 2.05) is 0 Å². The van der Waals surface area contributed by atoms with Gasteiger partial charge in [-0.3, -0.25) is 9.59 Å². The number of ether oxygens (including phenoxy) is 4. The maximum absolute atomic E-state index is 12.7. The second-order valence-corrected chi connectivity index (χ2v) is 13.0. The summed E-state index contributed by atoms with van der Waals surface area (Å²) >= 11 is 0. The van der Waals surface area contributed by atoms with Gasteiger partial charge in [-0.05, 0) is 77.0 Å². The first-order valence-corrected chi connectivity index (χ1v) is 19.5. The molecule has 1 heterocycles. The Morgan fingerprint density at radius 1 is 0.558 bits per heavy atom. The molecule has 0 amide bonds. The summed E-state index contributed by atoms with van der Waals surface area (Å²) in [6.07, 6.45) is 32.3. The Balaban J connectivity index is 2.38. The molecule has 0 radical (unpaired) electrons. The minimum Gasteiger partial charge on any atom is -0.462 e. The van der Waals surface area contributed by atoms with Gasteiger partial charge in [0.1, 0.15) is 24.9 Å². The van der Waals surface area contributed by atoms with E-state index < -0.39 is 48.9 Å². The van der Waals surface area contributed by atoms with E-state index in [1.54, 1.807) is 0 Å². The summed E-state index contributed by atoms with van der Waals surface area (Å²) in [5.74, 6) is -0.892. The highest BCUT2D eigenvalue weighted by atomic mass is 16.7. The van der Waals surface area contributed by atoms with E-state index in [4.69, 9.17) is 18.9 Å². The fourth-order valence-electron chi connectivity index (χ4n) is 5.21. The third kappa shape index (κ3) is 25.2. The molecule has 1 unspecified atom stereocenters. The van der Waals surface area contributed by atoms with Gasteiger partial charge in [0.25, 0.3) is 0 Å². The van der Waals surface area contributed by atoms with Crippen LogP contribution in [0.15, 0.2) is 72.9 Å². The lowest BCUT2D eigenvalue weighted by Gasteiger charge is -2.38. The Bertz CT molecular complexity index is 1080. The van der Waals surface area contributed by atoms with Crippen LogP contribution in [0.5, 0.6) is 0 Å². The molecular formula is C42H68O10. The van der Waals surface area contributed by atoms with Crippen molar-refractivity contribution in [3.63, 3.8) is 0 Å². The maximum Gasteiger partial charge on any atom is 0.306 e. The van der Waals surface area contributed by atoms with Gasteiger partial charge in [-0.2, -0.15) is 0 Å². The van der Waals surface area contributed by atoms with E-state index in [-0.39, 0.29) is 26.1 Å². The quantitative estimate of drug-likeness (QED) is 0.0330. The third-order valence-corrected chi connectivity index (χ3v) is 8.28. The van der Waals surface area contributed by atoms with Crippen LogP contribution in [0.4, 0.5) is 0 Å². The fourth-order valence-corrected chi connectivity index (χ4v) is 5.21. The molecule has 0 saturated carbocycles. The molecule has 1 rings (SSSR count). The zero-order valence-corrected chi connectivity index (χ0v) is 31.8. The molecule has 1 aliphatic rings. The van der Waals surface area contributed by atoms with Crippen molar-refractivity contribution in [2.24, 2.45) is 0 Å². The molecule has 0 spiro atoms. The number of hydrogen-bond donors (Lipinski definition) is 4. The van der Waals surface area contributed by atoms with E-state index >= 15 is 0 Å². The highest BCUT2D eigenvalue weighted by Gasteiger charge is 2.44. The third-order valence-electron chi connectivity index (χ3n) is 8.28. The van der Waals surface area contributed by atoms with Gasteiger partial charge in [-0.1, -0.05) is 112 Å². The molecule has 296 valence electrons. The largest absolute Gasteiger partial charge is 0.462 e. The highest BCUT2D eigenvalue weighted by Crippen LogP contribution is 2.21. The maximum atomic E-state index is 12.7. The molecule has 1 aliphatic heterocycles. The van der Waals surface area contributed by atoms with Crippen molar-refractivity contribution in [3.05, 3.63) is 72.9 Å². The Hall–Kier alpha value is -2.86. The predicted octanol–water partition coefficient (Wildman–Crippen LogP) is 7.61. The standard InChI is InChI=1S/C42H68O10/c1-3-5-7-9-11-13-15-17-18-20-22-24-26-28-30-32-37(44)51-35(34-50-42-40(47)38(45)39(46)41(48)52-42)33-49-36(43)31-29-27-25-23-21-19-16-14-12-10-8-6-4-2/h5-8,11-14,17-19,21,35,38-42,45-48H,3-4,9-10,15-16,20,22-34H2,1-2H3/b7-5-,8-6-,13-11-,14-12-,18-17-,21-19-/t35?,38-,39+,40+,41-,42+/m0/s1. The van der Waals surface area contributed by atoms with Gasteiger partial charge in [0.2, 0.25) is 0 Å². The second kappa shape index (κ2) is 32.8. The molecule has 10 heteroatoms. The highest BCUT2D eigenvalue weighted by molar-refractivity contribution is 5.70. The molecule has 6 atom stereocenters. The molecule has 0 aromatic heterocycles. The number of esters is 2. The summed E-state index contributed by atoms with van der Waals surface area (Å²) < 4.78 is 21.5. The molecule has 10 nitrogen and oxygen atoms in total. The van der Waals surface area contributed by atoms with Crippen molar-refractivity contribution in [1.29, 1.82) is 0 Å². The molecular weight excluding hydrogens is 664 g/mol. The van der Waals surface area contributed by atoms with Crippen molar-refractivity contribution < 1.29 is 49.0 Å². The van der Waals surface area contributed by atoms with E-state index in [2.05, 4.69) is 86.8 Å². The fraction of sp³-hybridized carbons (Fsp3) is 0.667. The van der Waals surface area contributed by atoms with Gasteiger partial charge in [0.15, 0.2) is 18.7 Å². The topological polar surface area (TPSA) is 152 Å². The summed E-state index contributed by atoms with van der Waals surface area (Å²) in [6, 6.07) is 0. The minimum atomic E-state index is -1.77. The van der Waals surface area contributed by atoms with Crippen LogP contribution in [-0.2, 0) is 28.5 Å². The van der Waals surface area contributed by atoms with E-state index in [0.29, 0.717) is 12.8 Å². The molecule has 52 heavy (non-hydrogen) atoms. The number of hydrogen-bond acceptors (Lipinski definition) is 10. The first-order chi connectivity index (χ1) is 25.3. The first-order valence-electron chi connectivity index (χ1n) is 19.5. The lowest BCUT2D eigenvalue weighted by atomic mass is 10.0. The van der Waals surface area contributed by atoms with Gasteiger partial charge < -0.3 is 39.4 Å². The normalized spacial score (nSPS) is 21.8. The van der Waals surface area contributed by atoms with Gasteiger partial charge in [-0.25, -0.2) is 0 Å². The summed E-state index contributed by atoms with van der Waals surface area (Å²) in [6.45, 7) is 3.66. The average molecular weight is 733 g/mol. The SMILES string of the molecule is CC/C=C\C/C=C\C/C=C\CCCCCCCC(=O)OC(COC(=O)CCCCC/C=C\C/C=C\C/C=C\CC)CO[C@@H]1O[C@H](O)[C@H](O)[C@H](O)[C@H]1O.